The van der Waals surface area contributed by atoms with Crippen molar-refractivity contribution in [3.63, 3.8) is 0 Å². The summed E-state index contributed by atoms with van der Waals surface area (Å²) in [5, 5.41) is 0. The van der Waals surface area contributed by atoms with Gasteiger partial charge in [0.1, 0.15) is 11.9 Å². The van der Waals surface area contributed by atoms with E-state index in [-0.39, 0.29) is 0 Å². The zero-order valence-corrected chi connectivity index (χ0v) is 7.09. The summed E-state index contributed by atoms with van der Waals surface area (Å²) in [7, 11) is -4.05. The van der Waals surface area contributed by atoms with E-state index >= 15 is 0 Å². The van der Waals surface area contributed by atoms with Gasteiger partial charge in [-0.1, -0.05) is 0 Å². The predicted molar refractivity (Wildman–Crippen MR) is 37.6 cm³/mol. The van der Waals surface area contributed by atoms with Gasteiger partial charge in [0.25, 0.3) is 10.1 Å². The molecule has 0 spiro atoms. The molecule has 1 N–H and O–H groups in total. The van der Waals surface area contributed by atoms with Crippen molar-refractivity contribution in [2.75, 3.05) is 5.75 Å². The van der Waals surface area contributed by atoms with Crippen molar-refractivity contribution in [3.05, 3.63) is 0 Å². The summed E-state index contributed by atoms with van der Waals surface area (Å²) in [5.74, 6) is -1.13. The Morgan fingerprint density at radius 1 is 1.64 bits per heavy atom. The second-order valence-electron chi connectivity index (χ2n) is 2.17. The molecular weight excluding hydrogens is 172 g/mol. The minimum absolute atomic E-state index is 0.563. The van der Waals surface area contributed by atoms with E-state index in [0.717, 1.165) is 0 Å². The lowest BCUT2D eigenvalue weighted by molar-refractivity contribution is -0.144. The van der Waals surface area contributed by atoms with Crippen LogP contribution in [0.15, 0.2) is 0 Å². The highest BCUT2D eigenvalue weighted by molar-refractivity contribution is 7.85. The van der Waals surface area contributed by atoms with Crippen LogP contribution in [0.25, 0.3) is 0 Å². The Morgan fingerprint density at radius 2 is 2.09 bits per heavy atom. The summed E-state index contributed by atoms with van der Waals surface area (Å²) in [5.41, 5.74) is 0. The number of carbonyl (C=O) groups is 1. The largest absolute Gasteiger partial charge is 0.462 e. The van der Waals surface area contributed by atoms with Crippen LogP contribution in [0.2, 0.25) is 0 Å². The summed E-state index contributed by atoms with van der Waals surface area (Å²) in [6, 6.07) is 0. The summed E-state index contributed by atoms with van der Waals surface area (Å²) >= 11 is 0. The van der Waals surface area contributed by atoms with Crippen molar-refractivity contribution in [1.29, 1.82) is 0 Å². The smallest absolute Gasteiger partial charge is 0.302 e. The first-order chi connectivity index (χ1) is 4.81. The monoisotopic (exact) mass is 182 g/mol. The molecule has 0 aliphatic rings. The maximum absolute atomic E-state index is 10.2. The molecule has 5 nitrogen and oxygen atoms in total. The van der Waals surface area contributed by atoms with Crippen LogP contribution in [0.5, 0.6) is 0 Å². The molecule has 66 valence electrons. The molecule has 1 unspecified atom stereocenters. The van der Waals surface area contributed by atoms with E-state index in [1.54, 1.807) is 0 Å². The highest BCUT2D eigenvalue weighted by Crippen LogP contribution is 1.95. The fraction of sp³-hybridized carbons (Fsp3) is 0.800. The van der Waals surface area contributed by atoms with Gasteiger partial charge in [0, 0.05) is 6.92 Å². The maximum atomic E-state index is 10.2. The highest BCUT2D eigenvalue weighted by atomic mass is 32.2. The molecule has 0 rings (SSSR count). The molecule has 0 amide bonds. The topological polar surface area (TPSA) is 80.7 Å². The number of ether oxygens (including phenoxy) is 1. The second kappa shape index (κ2) is 3.68. The SMILES string of the molecule is CC(=O)OC(C)CS(=O)(=O)O. The van der Waals surface area contributed by atoms with Crippen LogP contribution in [0, 0.1) is 0 Å². The molecular formula is C5H10O5S. The van der Waals surface area contributed by atoms with Crippen LogP contribution in [0.4, 0.5) is 0 Å². The van der Waals surface area contributed by atoms with Gasteiger partial charge in [-0.3, -0.25) is 9.35 Å². The molecule has 0 aromatic rings. The lowest BCUT2D eigenvalue weighted by Crippen LogP contribution is -2.22. The Kier molecular flexibility index (Phi) is 3.47. The van der Waals surface area contributed by atoms with Crippen LogP contribution in [-0.2, 0) is 19.6 Å². The summed E-state index contributed by atoms with van der Waals surface area (Å²) in [6.45, 7) is 2.55. The zero-order valence-electron chi connectivity index (χ0n) is 6.27. The highest BCUT2D eigenvalue weighted by Gasteiger charge is 2.13. The molecule has 0 aromatic heterocycles. The van der Waals surface area contributed by atoms with E-state index < -0.39 is 27.9 Å². The minimum Gasteiger partial charge on any atom is -0.462 e. The number of hydrogen-bond acceptors (Lipinski definition) is 4. The molecule has 0 aliphatic carbocycles. The third kappa shape index (κ3) is 7.27. The van der Waals surface area contributed by atoms with Crippen LogP contribution in [-0.4, -0.2) is 30.8 Å². The molecule has 0 radical (unpaired) electrons. The van der Waals surface area contributed by atoms with E-state index in [1.807, 2.05) is 0 Å². The van der Waals surface area contributed by atoms with E-state index in [4.69, 9.17) is 4.55 Å². The molecule has 6 heteroatoms. The first-order valence-corrected chi connectivity index (χ1v) is 4.54. The van der Waals surface area contributed by atoms with Gasteiger partial charge in [0.15, 0.2) is 0 Å². The van der Waals surface area contributed by atoms with Gasteiger partial charge in [-0.15, -0.1) is 0 Å². The lowest BCUT2D eigenvalue weighted by Gasteiger charge is -2.08. The van der Waals surface area contributed by atoms with Crippen LogP contribution < -0.4 is 0 Å². The summed E-state index contributed by atoms with van der Waals surface area (Å²) in [6.07, 6.45) is -0.803. The fourth-order valence-corrected chi connectivity index (χ4v) is 1.28. The molecule has 0 fully saturated rings. The van der Waals surface area contributed by atoms with Crippen LogP contribution >= 0.6 is 0 Å². The van der Waals surface area contributed by atoms with Gasteiger partial charge in [-0.05, 0) is 6.92 Å². The third-order valence-corrected chi connectivity index (χ3v) is 1.70. The Balaban J connectivity index is 3.89. The second-order valence-corrected chi connectivity index (χ2v) is 3.67. The summed E-state index contributed by atoms with van der Waals surface area (Å²) < 4.78 is 33.1. The number of hydrogen-bond donors (Lipinski definition) is 1. The lowest BCUT2D eigenvalue weighted by atomic mass is 10.5. The van der Waals surface area contributed by atoms with E-state index in [2.05, 4.69) is 4.74 Å². The van der Waals surface area contributed by atoms with Crippen molar-refractivity contribution in [2.45, 2.75) is 20.0 Å². The summed E-state index contributed by atoms with van der Waals surface area (Å²) in [4.78, 5) is 10.2. The first-order valence-electron chi connectivity index (χ1n) is 2.93. The average Bonchev–Trinajstić information content (AvgIpc) is 1.53. The van der Waals surface area contributed by atoms with Gasteiger partial charge < -0.3 is 4.74 Å². The van der Waals surface area contributed by atoms with Gasteiger partial charge in [-0.2, -0.15) is 8.42 Å². The fourth-order valence-electron chi connectivity index (χ4n) is 0.614. The Bertz CT molecular complexity index is 229. The van der Waals surface area contributed by atoms with Crippen molar-refractivity contribution in [2.24, 2.45) is 0 Å². The Labute approximate surface area is 65.1 Å². The van der Waals surface area contributed by atoms with Crippen molar-refractivity contribution < 1.29 is 22.5 Å². The quantitative estimate of drug-likeness (QED) is 0.484. The minimum atomic E-state index is -4.05. The van der Waals surface area contributed by atoms with E-state index in [0.29, 0.717) is 0 Å². The normalized spacial score (nSPS) is 14.1. The molecule has 11 heavy (non-hydrogen) atoms. The van der Waals surface area contributed by atoms with Gasteiger partial charge in [-0.25, -0.2) is 0 Å². The molecule has 0 aromatic carbocycles. The number of rotatable bonds is 3. The van der Waals surface area contributed by atoms with E-state index in [1.165, 1.54) is 13.8 Å². The standard InChI is InChI=1S/C5H10O5S/c1-4(10-5(2)6)3-11(7,8)9/h4H,3H2,1-2H3,(H,7,8,9). The molecule has 0 saturated heterocycles. The maximum Gasteiger partial charge on any atom is 0.302 e. The van der Waals surface area contributed by atoms with E-state index in [9.17, 15) is 13.2 Å². The first kappa shape index (κ1) is 10.4. The van der Waals surface area contributed by atoms with Crippen LogP contribution in [0.3, 0.4) is 0 Å². The molecule has 0 saturated carbocycles. The van der Waals surface area contributed by atoms with Crippen molar-refractivity contribution in [3.8, 4) is 0 Å². The van der Waals surface area contributed by atoms with Crippen molar-refractivity contribution in [1.82, 2.24) is 0 Å². The van der Waals surface area contributed by atoms with Gasteiger partial charge >= 0.3 is 5.97 Å². The zero-order chi connectivity index (χ0) is 9.07. The molecule has 0 bridgehead atoms. The Morgan fingerprint density at radius 3 is 2.36 bits per heavy atom. The van der Waals surface area contributed by atoms with Gasteiger partial charge in [0.2, 0.25) is 0 Å². The van der Waals surface area contributed by atoms with Crippen molar-refractivity contribution >= 4 is 16.1 Å². The Hall–Kier alpha value is -0.620. The van der Waals surface area contributed by atoms with Crippen LogP contribution in [0.1, 0.15) is 13.8 Å². The average molecular weight is 182 g/mol. The third-order valence-electron chi connectivity index (χ3n) is 0.812. The number of carbonyl (C=O) groups excluding carboxylic acids is 1. The molecule has 1 atom stereocenters. The molecule has 0 heterocycles. The number of esters is 1. The van der Waals surface area contributed by atoms with Gasteiger partial charge in [0.05, 0.1) is 0 Å². The predicted octanol–water partition coefficient (Wildman–Crippen LogP) is -0.174. The molecule has 0 aliphatic heterocycles.